The third-order valence-electron chi connectivity index (χ3n) is 5.52. The highest BCUT2D eigenvalue weighted by molar-refractivity contribution is 7.98. The van der Waals surface area contributed by atoms with Gasteiger partial charge in [-0.25, -0.2) is 8.42 Å². The van der Waals surface area contributed by atoms with E-state index in [2.05, 4.69) is 22.3 Å². The summed E-state index contributed by atoms with van der Waals surface area (Å²) in [6.07, 6.45) is 1.62. The van der Waals surface area contributed by atoms with Gasteiger partial charge in [-0.2, -0.15) is 4.31 Å². The standard InChI is InChI=1S/C24H24N4O4S2/c29-34(30,27-11-14-31-15-12-27)21-9-4-8-20(16-21)18-33-24-26-25-23(22-10-5-13-32-22)28(24)17-19-6-2-1-3-7-19/h1-10,13,16H,11-12,14-15,17-18H2. The molecule has 8 nitrogen and oxygen atoms in total. The Labute approximate surface area is 202 Å². The third kappa shape index (κ3) is 4.95. The van der Waals surface area contributed by atoms with E-state index in [9.17, 15) is 8.42 Å². The molecule has 0 amide bonds. The first-order valence-electron chi connectivity index (χ1n) is 10.9. The van der Waals surface area contributed by atoms with Gasteiger partial charge in [0, 0.05) is 18.8 Å². The lowest BCUT2D eigenvalue weighted by molar-refractivity contribution is 0.0730. The zero-order chi connectivity index (χ0) is 23.4. The SMILES string of the molecule is O=S(=O)(c1cccc(CSc2nnc(-c3ccco3)n2Cc2ccccc2)c1)N1CCOCC1. The van der Waals surface area contributed by atoms with Crippen LogP contribution in [0.15, 0.2) is 87.5 Å². The van der Waals surface area contributed by atoms with Crippen molar-refractivity contribution in [3.63, 3.8) is 0 Å². The molecule has 0 N–H and O–H groups in total. The minimum atomic E-state index is -3.54. The van der Waals surface area contributed by atoms with E-state index in [1.165, 1.54) is 16.1 Å². The molecule has 0 saturated carbocycles. The van der Waals surface area contributed by atoms with Gasteiger partial charge < -0.3 is 9.15 Å². The molecule has 1 aliphatic rings. The quantitative estimate of drug-likeness (QED) is 0.342. The second kappa shape index (κ2) is 10.1. The number of benzene rings is 2. The van der Waals surface area contributed by atoms with Crippen LogP contribution in [0.4, 0.5) is 0 Å². The van der Waals surface area contributed by atoms with E-state index in [1.807, 2.05) is 41.0 Å². The third-order valence-corrected chi connectivity index (χ3v) is 8.45. The van der Waals surface area contributed by atoms with Crippen molar-refractivity contribution in [3.8, 4) is 11.6 Å². The molecular weight excluding hydrogens is 472 g/mol. The van der Waals surface area contributed by atoms with Gasteiger partial charge in [0.1, 0.15) is 0 Å². The molecule has 4 aromatic rings. The normalized spacial score (nSPS) is 14.9. The summed E-state index contributed by atoms with van der Waals surface area (Å²) in [6.45, 7) is 2.18. The van der Waals surface area contributed by atoms with Crippen molar-refractivity contribution in [2.75, 3.05) is 26.3 Å². The van der Waals surface area contributed by atoms with Crippen molar-refractivity contribution in [2.45, 2.75) is 22.3 Å². The van der Waals surface area contributed by atoms with Gasteiger partial charge in [-0.1, -0.05) is 54.2 Å². The summed E-state index contributed by atoms with van der Waals surface area (Å²) in [4.78, 5) is 0.300. The first-order valence-corrected chi connectivity index (χ1v) is 13.3. The maximum atomic E-state index is 13.0. The lowest BCUT2D eigenvalue weighted by Gasteiger charge is -2.26. The smallest absolute Gasteiger partial charge is 0.243 e. The molecular formula is C24H24N4O4S2. The Balaban J connectivity index is 1.38. The Bertz CT molecular complexity index is 1330. The van der Waals surface area contributed by atoms with Gasteiger partial charge in [0.15, 0.2) is 10.9 Å². The topological polar surface area (TPSA) is 90.5 Å². The fraction of sp³-hybridized carbons (Fsp3) is 0.250. The molecule has 176 valence electrons. The molecule has 1 aliphatic heterocycles. The summed E-state index contributed by atoms with van der Waals surface area (Å²) in [5.74, 6) is 1.85. The van der Waals surface area contributed by atoms with Crippen LogP contribution in [0.3, 0.4) is 0 Å². The maximum absolute atomic E-state index is 13.0. The molecule has 34 heavy (non-hydrogen) atoms. The fourth-order valence-electron chi connectivity index (χ4n) is 3.77. The van der Waals surface area contributed by atoms with Gasteiger partial charge in [-0.3, -0.25) is 4.57 Å². The summed E-state index contributed by atoms with van der Waals surface area (Å²) in [6, 6.07) is 20.9. The summed E-state index contributed by atoms with van der Waals surface area (Å²) < 4.78 is 40.4. The van der Waals surface area contributed by atoms with Crippen LogP contribution in [0.2, 0.25) is 0 Å². The first kappa shape index (κ1) is 22.9. The molecule has 3 heterocycles. The molecule has 2 aromatic carbocycles. The van der Waals surface area contributed by atoms with Gasteiger partial charge in [0.05, 0.1) is 30.9 Å². The number of furan rings is 1. The Kier molecular flexibility index (Phi) is 6.82. The average molecular weight is 497 g/mol. The Morgan fingerprint density at radius 3 is 2.47 bits per heavy atom. The number of aromatic nitrogens is 3. The molecule has 1 saturated heterocycles. The summed E-state index contributed by atoms with van der Waals surface area (Å²) in [5, 5.41) is 9.51. The van der Waals surface area contributed by atoms with Crippen LogP contribution in [0.5, 0.6) is 0 Å². The average Bonchev–Trinajstić information content (AvgIpc) is 3.54. The van der Waals surface area contributed by atoms with Crippen molar-refractivity contribution in [1.82, 2.24) is 19.1 Å². The van der Waals surface area contributed by atoms with E-state index in [0.29, 0.717) is 55.1 Å². The highest BCUT2D eigenvalue weighted by Gasteiger charge is 2.26. The molecule has 0 bridgehead atoms. The lowest BCUT2D eigenvalue weighted by atomic mass is 10.2. The minimum absolute atomic E-state index is 0.300. The number of sulfonamides is 1. The van der Waals surface area contributed by atoms with Crippen LogP contribution in [0.1, 0.15) is 11.1 Å². The molecule has 2 aromatic heterocycles. The molecule has 5 rings (SSSR count). The number of ether oxygens (including phenoxy) is 1. The predicted octanol–water partition coefficient (Wildman–Crippen LogP) is 3.90. The van der Waals surface area contributed by atoms with Crippen molar-refractivity contribution in [1.29, 1.82) is 0 Å². The number of morpholine rings is 1. The van der Waals surface area contributed by atoms with Crippen LogP contribution in [-0.2, 0) is 27.1 Å². The van der Waals surface area contributed by atoms with Gasteiger partial charge in [0.25, 0.3) is 0 Å². The Morgan fingerprint density at radius 1 is 0.912 bits per heavy atom. The number of nitrogens with zero attached hydrogens (tertiary/aromatic N) is 4. The maximum Gasteiger partial charge on any atom is 0.243 e. The van der Waals surface area contributed by atoms with Gasteiger partial charge >= 0.3 is 0 Å². The number of thioether (sulfide) groups is 1. The second-order valence-corrected chi connectivity index (χ2v) is 10.7. The van der Waals surface area contributed by atoms with Crippen LogP contribution in [0, 0.1) is 0 Å². The number of hydrogen-bond donors (Lipinski definition) is 0. The first-order chi connectivity index (χ1) is 16.6. The van der Waals surface area contributed by atoms with E-state index >= 15 is 0 Å². The number of rotatable bonds is 8. The zero-order valence-electron chi connectivity index (χ0n) is 18.4. The zero-order valence-corrected chi connectivity index (χ0v) is 20.0. The largest absolute Gasteiger partial charge is 0.461 e. The monoisotopic (exact) mass is 496 g/mol. The van der Waals surface area contributed by atoms with Crippen molar-refractivity contribution in [2.24, 2.45) is 0 Å². The molecule has 1 fully saturated rings. The van der Waals surface area contributed by atoms with Crippen LogP contribution < -0.4 is 0 Å². The van der Waals surface area contributed by atoms with E-state index in [0.717, 1.165) is 16.3 Å². The molecule has 0 spiro atoms. The Hall–Kier alpha value is -2.92. The van der Waals surface area contributed by atoms with Crippen molar-refractivity contribution in [3.05, 3.63) is 84.1 Å². The van der Waals surface area contributed by atoms with Crippen molar-refractivity contribution < 1.29 is 17.6 Å². The predicted molar refractivity (Wildman–Crippen MR) is 129 cm³/mol. The van der Waals surface area contributed by atoms with E-state index in [1.54, 1.807) is 24.5 Å². The Morgan fingerprint density at radius 2 is 1.71 bits per heavy atom. The van der Waals surface area contributed by atoms with E-state index < -0.39 is 10.0 Å². The second-order valence-electron chi connectivity index (χ2n) is 7.81. The fourth-order valence-corrected chi connectivity index (χ4v) is 6.13. The van der Waals surface area contributed by atoms with Gasteiger partial charge in [-0.05, 0) is 35.4 Å². The van der Waals surface area contributed by atoms with Crippen LogP contribution in [0.25, 0.3) is 11.6 Å². The highest BCUT2D eigenvalue weighted by atomic mass is 32.2. The number of hydrogen-bond acceptors (Lipinski definition) is 7. The van der Waals surface area contributed by atoms with Gasteiger partial charge in [-0.15, -0.1) is 10.2 Å². The van der Waals surface area contributed by atoms with Gasteiger partial charge in [0.2, 0.25) is 15.8 Å². The lowest BCUT2D eigenvalue weighted by Crippen LogP contribution is -2.40. The van der Waals surface area contributed by atoms with Crippen LogP contribution in [-0.4, -0.2) is 53.8 Å². The highest BCUT2D eigenvalue weighted by Crippen LogP contribution is 2.28. The summed E-state index contributed by atoms with van der Waals surface area (Å²) in [5.41, 5.74) is 2.02. The minimum Gasteiger partial charge on any atom is -0.461 e. The molecule has 0 unspecified atom stereocenters. The summed E-state index contributed by atoms with van der Waals surface area (Å²) >= 11 is 1.51. The van der Waals surface area contributed by atoms with E-state index in [4.69, 9.17) is 9.15 Å². The molecule has 10 heteroatoms. The van der Waals surface area contributed by atoms with Crippen LogP contribution >= 0.6 is 11.8 Å². The molecule has 0 aliphatic carbocycles. The van der Waals surface area contributed by atoms with E-state index in [-0.39, 0.29) is 0 Å². The molecule has 0 radical (unpaired) electrons. The van der Waals surface area contributed by atoms with Crippen molar-refractivity contribution >= 4 is 21.8 Å². The summed E-state index contributed by atoms with van der Waals surface area (Å²) in [7, 11) is -3.54. The molecule has 0 atom stereocenters.